The van der Waals surface area contributed by atoms with Gasteiger partial charge in [-0.25, -0.2) is 14.7 Å². The number of thioether (sulfide) groups is 2. The summed E-state index contributed by atoms with van der Waals surface area (Å²) in [7, 11) is 0. The number of nitrogens with zero attached hydrogens (tertiary/aromatic N) is 2. The van der Waals surface area contributed by atoms with Crippen molar-refractivity contribution in [3.63, 3.8) is 0 Å². The molecule has 1 atom stereocenters. The van der Waals surface area contributed by atoms with Crippen molar-refractivity contribution in [3.8, 4) is 0 Å². The summed E-state index contributed by atoms with van der Waals surface area (Å²) in [5, 5.41) is 8.55. The van der Waals surface area contributed by atoms with E-state index < -0.39 is 28.8 Å². The molecular weight excluding hydrogens is 398 g/mol. The summed E-state index contributed by atoms with van der Waals surface area (Å²) in [6.45, 7) is 0. The fourth-order valence-electron chi connectivity index (χ4n) is 2.53. The number of rotatable bonds is 6. The Morgan fingerprint density at radius 2 is 1.93 bits per heavy atom. The van der Waals surface area contributed by atoms with Crippen LogP contribution in [0.1, 0.15) is 16.8 Å². The van der Waals surface area contributed by atoms with Crippen molar-refractivity contribution in [2.24, 2.45) is 0 Å². The largest absolute Gasteiger partial charge is 0.478 e. The highest BCUT2D eigenvalue weighted by atomic mass is 32.2. The average Bonchev–Trinajstić information content (AvgIpc) is 2.89. The van der Waals surface area contributed by atoms with Gasteiger partial charge in [0, 0.05) is 17.5 Å². The van der Waals surface area contributed by atoms with Crippen LogP contribution in [0.4, 0.5) is 14.5 Å². The highest BCUT2D eigenvalue weighted by Gasteiger charge is 2.40. The second kappa shape index (κ2) is 8.05. The highest BCUT2D eigenvalue weighted by molar-refractivity contribution is 8.00. The van der Waals surface area contributed by atoms with Crippen molar-refractivity contribution in [3.05, 3.63) is 48.2 Å². The molecule has 1 unspecified atom stereocenters. The van der Waals surface area contributed by atoms with E-state index in [0.29, 0.717) is 16.7 Å². The zero-order valence-corrected chi connectivity index (χ0v) is 15.2. The number of carbonyl (C=O) groups excluding carboxylic acids is 2. The summed E-state index contributed by atoms with van der Waals surface area (Å²) < 4.78 is 24.8. The van der Waals surface area contributed by atoms with Crippen molar-refractivity contribution in [1.29, 1.82) is 0 Å². The minimum atomic E-state index is -2.56. The number of hydrogen-bond acceptors (Lipinski definition) is 6. The Balaban J connectivity index is 1.78. The lowest BCUT2D eigenvalue weighted by Gasteiger charge is -2.15. The van der Waals surface area contributed by atoms with Crippen LogP contribution in [0.25, 0.3) is 0 Å². The Kier molecular flexibility index (Phi) is 5.76. The van der Waals surface area contributed by atoms with E-state index in [2.05, 4.69) is 4.98 Å². The topological polar surface area (TPSA) is 87.6 Å². The smallest absolute Gasteiger partial charge is 0.338 e. The van der Waals surface area contributed by atoms with Crippen molar-refractivity contribution >= 4 is 47.0 Å². The summed E-state index contributed by atoms with van der Waals surface area (Å²) in [5.41, 5.74) is 0.237. The van der Waals surface area contributed by atoms with Crippen LogP contribution in [-0.4, -0.2) is 38.9 Å². The van der Waals surface area contributed by atoms with Crippen LogP contribution in [0.5, 0.6) is 0 Å². The van der Waals surface area contributed by atoms with Gasteiger partial charge >= 0.3 is 5.97 Å². The van der Waals surface area contributed by atoms with Crippen molar-refractivity contribution in [2.45, 2.75) is 27.3 Å². The first kappa shape index (κ1) is 19.3. The molecule has 2 aromatic rings. The van der Waals surface area contributed by atoms with Crippen molar-refractivity contribution in [1.82, 2.24) is 4.98 Å². The van der Waals surface area contributed by atoms with Gasteiger partial charge in [-0.2, -0.15) is 8.78 Å². The van der Waals surface area contributed by atoms with Crippen LogP contribution in [0.3, 0.4) is 0 Å². The van der Waals surface area contributed by atoms with E-state index in [1.807, 2.05) is 0 Å². The van der Waals surface area contributed by atoms with Gasteiger partial charge in [-0.3, -0.25) is 9.59 Å². The lowest BCUT2D eigenvalue weighted by molar-refractivity contribution is -0.121. The fraction of sp³-hybridized carbons (Fsp3) is 0.176. The normalized spacial score (nSPS) is 17.0. The first-order chi connectivity index (χ1) is 12.9. The molecule has 10 heteroatoms. The van der Waals surface area contributed by atoms with Gasteiger partial charge in [-0.1, -0.05) is 23.5 Å². The zero-order chi connectivity index (χ0) is 19.6. The minimum Gasteiger partial charge on any atom is -0.478 e. The monoisotopic (exact) mass is 410 g/mol. The minimum absolute atomic E-state index is 0.0467. The SMILES string of the molecule is O=C(O)c1cccnc1SC1CC(=O)N(c2ccc(SC(F)F)cc2)C1=O. The molecule has 1 fully saturated rings. The van der Waals surface area contributed by atoms with Gasteiger partial charge in [0.1, 0.15) is 5.03 Å². The molecule has 1 aromatic heterocycles. The van der Waals surface area contributed by atoms with Crippen LogP contribution in [0.2, 0.25) is 0 Å². The summed E-state index contributed by atoms with van der Waals surface area (Å²) in [6.07, 6.45) is 1.31. The Hall–Kier alpha value is -2.46. The van der Waals surface area contributed by atoms with E-state index in [0.717, 1.165) is 16.7 Å². The molecule has 1 aromatic carbocycles. The maximum atomic E-state index is 12.6. The highest BCUT2D eigenvalue weighted by Crippen LogP contribution is 2.35. The summed E-state index contributed by atoms with van der Waals surface area (Å²) >= 11 is 1.29. The maximum Gasteiger partial charge on any atom is 0.338 e. The van der Waals surface area contributed by atoms with E-state index in [9.17, 15) is 28.3 Å². The predicted octanol–water partition coefficient (Wildman–Crippen LogP) is 3.52. The molecule has 2 amide bonds. The molecule has 140 valence electrons. The number of anilines is 1. The molecule has 0 spiro atoms. The molecule has 0 radical (unpaired) electrons. The van der Waals surface area contributed by atoms with Crippen molar-refractivity contribution in [2.75, 3.05) is 4.90 Å². The second-order valence-electron chi connectivity index (χ2n) is 5.41. The number of imide groups is 1. The van der Waals surface area contributed by atoms with Crippen LogP contribution >= 0.6 is 23.5 Å². The molecule has 1 N–H and O–H groups in total. The molecule has 1 saturated heterocycles. The number of hydrogen-bond donors (Lipinski definition) is 1. The Labute approximate surface area is 161 Å². The number of alkyl halides is 2. The lowest BCUT2D eigenvalue weighted by Crippen LogP contribution is -2.31. The standard InChI is InChI=1S/C17H12F2N2O4S2/c18-17(19)26-10-5-3-9(4-6-10)21-13(22)8-12(15(21)23)27-14-11(16(24)25)2-1-7-20-14/h1-7,12,17H,8H2,(H,24,25). The average molecular weight is 410 g/mol. The van der Waals surface area contributed by atoms with E-state index >= 15 is 0 Å². The van der Waals surface area contributed by atoms with Crippen LogP contribution in [0, 0.1) is 0 Å². The van der Waals surface area contributed by atoms with Crippen molar-refractivity contribution < 1.29 is 28.3 Å². The van der Waals surface area contributed by atoms with Gasteiger partial charge in [0.25, 0.3) is 5.76 Å². The van der Waals surface area contributed by atoms with E-state index in [1.165, 1.54) is 42.6 Å². The first-order valence-electron chi connectivity index (χ1n) is 7.63. The maximum absolute atomic E-state index is 12.6. The quantitative estimate of drug-likeness (QED) is 0.576. The summed E-state index contributed by atoms with van der Waals surface area (Å²) in [5.74, 6) is -4.68. The zero-order valence-electron chi connectivity index (χ0n) is 13.5. The number of aromatic carboxylic acids is 1. The fourth-order valence-corrected chi connectivity index (χ4v) is 4.13. The molecule has 6 nitrogen and oxygen atoms in total. The van der Waals surface area contributed by atoms with Gasteiger partial charge in [0.15, 0.2) is 0 Å². The molecule has 3 rings (SSSR count). The summed E-state index contributed by atoms with van der Waals surface area (Å²) in [4.78, 5) is 41.5. The number of aromatic nitrogens is 1. The van der Waals surface area contributed by atoms with Gasteiger partial charge in [-0.15, -0.1) is 0 Å². The Morgan fingerprint density at radius 1 is 1.22 bits per heavy atom. The summed E-state index contributed by atoms with van der Waals surface area (Å²) in [6, 6.07) is 8.52. The molecule has 0 bridgehead atoms. The van der Waals surface area contributed by atoms with Gasteiger partial charge in [0.2, 0.25) is 11.8 Å². The number of amides is 2. The first-order valence-corrected chi connectivity index (χ1v) is 9.39. The number of halogens is 2. The predicted molar refractivity (Wildman–Crippen MR) is 96.3 cm³/mol. The molecule has 0 aliphatic carbocycles. The van der Waals surface area contributed by atoms with Gasteiger partial charge in [-0.05, 0) is 36.4 Å². The third kappa shape index (κ3) is 4.28. The number of carbonyl (C=O) groups is 3. The third-order valence-corrected chi connectivity index (χ3v) is 5.60. The molecule has 1 aliphatic rings. The number of carboxylic acid groups (broad SMARTS) is 1. The number of benzene rings is 1. The molecule has 0 saturated carbocycles. The number of pyridine rings is 1. The van der Waals surface area contributed by atoms with Gasteiger partial charge in [0.05, 0.1) is 16.5 Å². The number of carboxylic acids is 1. The van der Waals surface area contributed by atoms with Crippen LogP contribution in [0.15, 0.2) is 52.5 Å². The Bertz CT molecular complexity index is 893. The molecule has 27 heavy (non-hydrogen) atoms. The van der Waals surface area contributed by atoms with E-state index in [1.54, 1.807) is 0 Å². The molecule has 1 aliphatic heterocycles. The lowest BCUT2D eigenvalue weighted by atomic mass is 10.3. The van der Waals surface area contributed by atoms with E-state index in [-0.39, 0.29) is 22.7 Å². The van der Waals surface area contributed by atoms with Crippen LogP contribution < -0.4 is 4.90 Å². The molecule has 2 heterocycles. The Morgan fingerprint density at radius 3 is 2.56 bits per heavy atom. The van der Waals surface area contributed by atoms with E-state index in [4.69, 9.17) is 0 Å². The second-order valence-corrected chi connectivity index (χ2v) is 7.67. The van der Waals surface area contributed by atoms with Gasteiger partial charge < -0.3 is 5.11 Å². The molecular formula is C17H12F2N2O4S2. The third-order valence-electron chi connectivity index (χ3n) is 3.68. The van der Waals surface area contributed by atoms with Crippen LogP contribution in [-0.2, 0) is 9.59 Å².